The van der Waals surface area contributed by atoms with E-state index in [-0.39, 0.29) is 52.1 Å². The average Bonchev–Trinajstić information content (AvgIpc) is 2.88. The molecule has 0 radical (unpaired) electrons. The zero-order chi connectivity index (χ0) is 33.4. The molecule has 43 heavy (non-hydrogen) atoms. The van der Waals surface area contributed by atoms with Crippen molar-refractivity contribution in [2.75, 3.05) is 6.61 Å². The van der Waals surface area contributed by atoms with E-state index >= 15 is 0 Å². The van der Waals surface area contributed by atoms with Crippen LogP contribution in [0.25, 0.3) is 0 Å². The SMILES string of the molecule is CC.CC(C)(C)C1=CC(CCC(=O)OCC(=S)OC(=O)CCC2=CC(C(C)(C)C)CC(C(C)(C)C)=C2)=CC(C(C)(C)C)C1. The molecule has 244 valence electrons. The monoisotopic (exact) mass is 614 g/mol. The quantitative estimate of drug-likeness (QED) is 0.201. The Morgan fingerprint density at radius 1 is 0.698 bits per heavy atom. The Balaban J connectivity index is 0.00000452. The second-order valence-corrected chi connectivity index (χ2v) is 16.6. The van der Waals surface area contributed by atoms with Crippen molar-refractivity contribution in [2.24, 2.45) is 33.5 Å². The maximum absolute atomic E-state index is 12.5. The van der Waals surface area contributed by atoms with Crippen molar-refractivity contribution in [1.82, 2.24) is 0 Å². The highest BCUT2D eigenvalue weighted by Gasteiger charge is 2.32. The zero-order valence-electron chi connectivity index (χ0n) is 30.0. The van der Waals surface area contributed by atoms with E-state index in [9.17, 15) is 9.59 Å². The van der Waals surface area contributed by atoms with Crippen LogP contribution in [0, 0.1) is 33.5 Å². The van der Waals surface area contributed by atoms with Gasteiger partial charge in [-0.05, 0) is 71.4 Å². The van der Waals surface area contributed by atoms with Crippen molar-refractivity contribution < 1.29 is 19.1 Å². The lowest BCUT2D eigenvalue weighted by atomic mass is 9.69. The number of carbonyl (C=O) groups excluding carboxylic acids is 2. The Hall–Kier alpha value is -2.01. The van der Waals surface area contributed by atoms with E-state index in [2.05, 4.69) is 107 Å². The molecule has 2 unspecified atom stereocenters. The lowest BCUT2D eigenvalue weighted by molar-refractivity contribution is -0.143. The zero-order valence-corrected chi connectivity index (χ0v) is 30.8. The topological polar surface area (TPSA) is 52.6 Å². The fraction of sp³-hybridized carbons (Fsp3) is 0.711. The van der Waals surface area contributed by atoms with E-state index in [0.717, 1.165) is 12.8 Å². The first-order chi connectivity index (χ1) is 19.6. The molecule has 2 aliphatic rings. The highest BCUT2D eigenvalue weighted by atomic mass is 32.1. The van der Waals surface area contributed by atoms with Crippen LogP contribution in [-0.2, 0) is 19.1 Å². The predicted molar refractivity (Wildman–Crippen MR) is 186 cm³/mol. The summed E-state index contributed by atoms with van der Waals surface area (Å²) in [7, 11) is 0. The molecule has 0 aromatic carbocycles. The first kappa shape index (κ1) is 39.0. The Kier molecular flexibility index (Phi) is 14.4. The summed E-state index contributed by atoms with van der Waals surface area (Å²) >= 11 is 5.21. The molecule has 0 fully saturated rings. The fourth-order valence-electron chi connectivity index (χ4n) is 5.15. The third-order valence-electron chi connectivity index (χ3n) is 8.40. The number of hydrogen-bond acceptors (Lipinski definition) is 5. The van der Waals surface area contributed by atoms with Crippen LogP contribution in [0.5, 0.6) is 0 Å². The minimum atomic E-state index is -0.393. The van der Waals surface area contributed by atoms with E-state index in [1.807, 2.05) is 13.8 Å². The van der Waals surface area contributed by atoms with Gasteiger partial charge in [0.2, 0.25) is 5.05 Å². The Bertz CT molecular complexity index is 1100. The van der Waals surface area contributed by atoms with Gasteiger partial charge in [-0.25, -0.2) is 0 Å². The van der Waals surface area contributed by atoms with Gasteiger partial charge in [-0.1, -0.05) is 144 Å². The smallest absolute Gasteiger partial charge is 0.312 e. The van der Waals surface area contributed by atoms with Gasteiger partial charge in [0.15, 0.2) is 6.61 Å². The fourth-order valence-corrected chi connectivity index (χ4v) is 5.30. The van der Waals surface area contributed by atoms with Crippen LogP contribution >= 0.6 is 12.2 Å². The molecule has 0 aliphatic heterocycles. The first-order valence-corrected chi connectivity index (χ1v) is 16.7. The molecule has 0 bridgehead atoms. The van der Waals surface area contributed by atoms with Crippen LogP contribution in [0.2, 0.25) is 0 Å². The lowest BCUT2D eigenvalue weighted by Gasteiger charge is -2.36. The van der Waals surface area contributed by atoms with Gasteiger partial charge in [0.25, 0.3) is 0 Å². The highest BCUT2D eigenvalue weighted by Crippen LogP contribution is 2.44. The van der Waals surface area contributed by atoms with Crippen molar-refractivity contribution in [3.63, 3.8) is 0 Å². The number of ether oxygens (including phenoxy) is 2. The van der Waals surface area contributed by atoms with Gasteiger partial charge in [-0.3, -0.25) is 9.59 Å². The predicted octanol–water partition coefficient (Wildman–Crippen LogP) is 10.9. The van der Waals surface area contributed by atoms with Crippen molar-refractivity contribution in [3.05, 3.63) is 46.6 Å². The largest absolute Gasteiger partial charge is 0.456 e. The van der Waals surface area contributed by atoms with Crippen molar-refractivity contribution in [2.45, 2.75) is 135 Å². The maximum Gasteiger partial charge on any atom is 0.312 e. The summed E-state index contributed by atoms with van der Waals surface area (Å²) in [5.41, 5.74) is 5.66. The lowest BCUT2D eigenvalue weighted by Crippen LogP contribution is -2.25. The molecular weight excluding hydrogens is 552 g/mol. The van der Waals surface area contributed by atoms with Gasteiger partial charge in [0, 0.05) is 12.8 Å². The average molecular weight is 615 g/mol. The molecule has 2 rings (SSSR count). The van der Waals surface area contributed by atoms with Crippen molar-refractivity contribution in [3.8, 4) is 0 Å². The van der Waals surface area contributed by atoms with E-state index in [4.69, 9.17) is 21.7 Å². The van der Waals surface area contributed by atoms with Gasteiger partial charge in [-0.15, -0.1) is 0 Å². The van der Waals surface area contributed by atoms with E-state index < -0.39 is 5.97 Å². The summed E-state index contributed by atoms with van der Waals surface area (Å²) in [6.45, 7) is 30.9. The second-order valence-electron chi connectivity index (χ2n) is 16.2. The van der Waals surface area contributed by atoms with Crippen LogP contribution in [-0.4, -0.2) is 23.6 Å². The summed E-state index contributed by atoms with van der Waals surface area (Å²) in [6.07, 6.45) is 12.9. The first-order valence-electron chi connectivity index (χ1n) is 16.3. The second kappa shape index (κ2) is 15.8. The van der Waals surface area contributed by atoms with E-state index in [1.54, 1.807) is 0 Å². The molecule has 0 saturated carbocycles. The van der Waals surface area contributed by atoms with Crippen LogP contribution in [0.1, 0.15) is 135 Å². The van der Waals surface area contributed by atoms with E-state index in [0.29, 0.717) is 24.7 Å². The number of rotatable bonds is 8. The van der Waals surface area contributed by atoms with Crippen LogP contribution < -0.4 is 0 Å². The third kappa shape index (κ3) is 13.7. The normalized spacial score (nSPS) is 19.6. The summed E-state index contributed by atoms with van der Waals surface area (Å²) in [5, 5.41) is -0.000873. The molecular formula is C38H62O4S. The van der Waals surface area contributed by atoms with Gasteiger partial charge in [-0.2, -0.15) is 0 Å². The van der Waals surface area contributed by atoms with Gasteiger partial charge >= 0.3 is 11.9 Å². The van der Waals surface area contributed by atoms with Crippen LogP contribution in [0.3, 0.4) is 0 Å². The molecule has 4 nitrogen and oxygen atoms in total. The van der Waals surface area contributed by atoms with Crippen molar-refractivity contribution in [1.29, 1.82) is 0 Å². The molecule has 0 amide bonds. The van der Waals surface area contributed by atoms with Gasteiger partial charge < -0.3 is 9.47 Å². The third-order valence-corrected chi connectivity index (χ3v) is 8.60. The van der Waals surface area contributed by atoms with Gasteiger partial charge in [0.05, 0.1) is 0 Å². The Labute approximate surface area is 269 Å². The standard InChI is InChI=1S/C36H56O4S.C2H6/c1-33(2,3)26-17-24(18-27(21-26)34(4,5)6)13-15-30(37)39-23-32(41)40-31(38)16-14-25-19-28(35(7,8)9)22-29(20-25)36(10,11)12;1-2/h17-20,26,28H,13-16,21-23H2,1-12H3;1-2H3. The Morgan fingerprint density at radius 2 is 1.07 bits per heavy atom. The number of thiocarbonyl (C=S) groups is 1. The molecule has 0 saturated heterocycles. The minimum absolute atomic E-state index is 0.000873. The molecule has 2 atom stereocenters. The number of esters is 2. The molecule has 0 spiro atoms. The molecule has 0 aromatic heterocycles. The minimum Gasteiger partial charge on any atom is -0.456 e. The van der Waals surface area contributed by atoms with Crippen molar-refractivity contribution >= 4 is 29.2 Å². The maximum atomic E-state index is 12.5. The van der Waals surface area contributed by atoms with E-state index in [1.165, 1.54) is 22.3 Å². The summed E-state index contributed by atoms with van der Waals surface area (Å²) in [6, 6.07) is 0. The molecule has 0 aromatic rings. The Morgan fingerprint density at radius 3 is 1.42 bits per heavy atom. The van der Waals surface area contributed by atoms with Crippen LogP contribution in [0.15, 0.2) is 46.6 Å². The van der Waals surface area contributed by atoms with Crippen LogP contribution in [0.4, 0.5) is 0 Å². The summed E-state index contributed by atoms with van der Waals surface area (Å²) in [5.74, 6) is 0.121. The molecule has 5 heteroatoms. The number of hydrogen-bond donors (Lipinski definition) is 0. The van der Waals surface area contributed by atoms with Gasteiger partial charge in [0.1, 0.15) is 0 Å². The molecule has 0 heterocycles. The highest BCUT2D eigenvalue weighted by molar-refractivity contribution is 7.80. The summed E-state index contributed by atoms with van der Waals surface area (Å²) < 4.78 is 10.7. The molecule has 0 N–H and O–H groups in total. The molecule has 2 aliphatic carbocycles. The number of allylic oxidation sites excluding steroid dienone is 8. The summed E-state index contributed by atoms with van der Waals surface area (Å²) in [4.78, 5) is 25.0. The number of carbonyl (C=O) groups is 2.